The van der Waals surface area contributed by atoms with Crippen LogP contribution in [0.25, 0.3) is 0 Å². The summed E-state index contributed by atoms with van der Waals surface area (Å²) in [5.41, 5.74) is 1.46. The number of nitrogens with zero attached hydrogens (tertiary/aromatic N) is 3. The van der Waals surface area contributed by atoms with E-state index in [0.717, 1.165) is 12.0 Å². The minimum atomic E-state index is -3.97. The first kappa shape index (κ1) is 38.3. The number of hydrogen-bond acceptors (Lipinski definition) is 10. The largest absolute Gasteiger partial charge is 0.490 e. The van der Waals surface area contributed by atoms with Crippen LogP contribution in [-0.2, 0) is 24.8 Å². The molecule has 1 amide bonds. The van der Waals surface area contributed by atoms with Crippen LogP contribution in [0.1, 0.15) is 67.4 Å². The van der Waals surface area contributed by atoms with Crippen molar-refractivity contribution < 1.29 is 40.7 Å². The molecular weight excluding hydrogens is 673 g/mol. The van der Waals surface area contributed by atoms with Crippen LogP contribution in [0.15, 0.2) is 56.8 Å². The number of aliphatic hydroxyl groups excluding tert-OH is 1. The van der Waals surface area contributed by atoms with Gasteiger partial charge in [-0.15, -0.1) is 0 Å². The van der Waals surface area contributed by atoms with Crippen LogP contribution in [0.3, 0.4) is 0 Å². The maximum atomic E-state index is 14.4. The number of likely N-dealkylation sites (N-methyl/N-ethyl adjacent to an activating group) is 1. The topological polar surface area (TPSA) is 169 Å². The van der Waals surface area contributed by atoms with E-state index in [1.807, 2.05) is 20.8 Å². The number of aryl methyl sites for hydroxylation is 3. The molecule has 0 fully saturated rings. The number of carbonyl (C=O) groups is 1. The van der Waals surface area contributed by atoms with E-state index in [1.165, 1.54) is 34.5 Å². The van der Waals surface area contributed by atoms with Crippen molar-refractivity contribution in [3.8, 4) is 5.75 Å². The molecule has 49 heavy (non-hydrogen) atoms. The van der Waals surface area contributed by atoms with Gasteiger partial charge in [0, 0.05) is 38.3 Å². The zero-order valence-corrected chi connectivity index (χ0v) is 30.8. The van der Waals surface area contributed by atoms with Gasteiger partial charge in [0.2, 0.25) is 10.0 Å². The minimum Gasteiger partial charge on any atom is -0.490 e. The molecule has 2 heterocycles. The van der Waals surface area contributed by atoms with E-state index in [0.29, 0.717) is 19.4 Å². The highest BCUT2D eigenvalue weighted by Gasteiger charge is 2.34. The van der Waals surface area contributed by atoms with Gasteiger partial charge >= 0.3 is 0 Å². The Morgan fingerprint density at radius 1 is 1.06 bits per heavy atom. The number of benzene rings is 2. The Hall–Kier alpha value is -3.50. The van der Waals surface area contributed by atoms with Crippen molar-refractivity contribution in [1.82, 2.24) is 14.4 Å². The van der Waals surface area contributed by atoms with E-state index >= 15 is 0 Å². The molecule has 0 saturated carbocycles. The summed E-state index contributed by atoms with van der Waals surface area (Å²) in [6.07, 6.45) is 1.19. The number of fused-ring (bicyclic) bond motifs is 1. The zero-order chi connectivity index (χ0) is 36.1. The summed E-state index contributed by atoms with van der Waals surface area (Å²) in [5, 5.41) is 14.0. The van der Waals surface area contributed by atoms with Crippen LogP contribution in [0.2, 0.25) is 0 Å². The van der Waals surface area contributed by atoms with Crippen molar-refractivity contribution in [2.75, 3.05) is 38.1 Å². The molecule has 0 bridgehead atoms. The fourth-order valence-corrected chi connectivity index (χ4v) is 8.25. The molecule has 0 saturated heterocycles. The number of hydrogen-bond donors (Lipinski definition) is 2. The van der Waals surface area contributed by atoms with Gasteiger partial charge < -0.3 is 24.0 Å². The summed E-state index contributed by atoms with van der Waals surface area (Å²) in [6, 6.07) is 10.3. The lowest BCUT2D eigenvalue weighted by molar-refractivity contribution is -0.00835. The Morgan fingerprint density at radius 3 is 2.39 bits per heavy atom. The number of sulfonamides is 2. The zero-order valence-electron chi connectivity index (χ0n) is 29.2. The second-order valence-corrected chi connectivity index (χ2v) is 16.5. The number of aliphatic hydroxyl groups is 1. The maximum Gasteiger partial charge on any atom is 0.261 e. The van der Waals surface area contributed by atoms with E-state index in [9.17, 15) is 26.7 Å². The third-order valence-electron chi connectivity index (χ3n) is 8.71. The van der Waals surface area contributed by atoms with Gasteiger partial charge in [0.05, 0.1) is 35.3 Å². The van der Waals surface area contributed by atoms with Crippen molar-refractivity contribution in [3.05, 3.63) is 65.0 Å². The molecule has 0 aliphatic carbocycles. The highest BCUT2D eigenvalue weighted by molar-refractivity contribution is 7.92. The molecule has 13 nitrogen and oxygen atoms in total. The molecule has 4 rings (SSSR count). The van der Waals surface area contributed by atoms with Gasteiger partial charge in [-0.25, -0.2) is 16.8 Å². The standard InChI is InChI=1S/C34H48N4O9S2/c1-22-11-14-29(15-12-22)48(41,42)36-28-13-16-31-30(18-28)34(40)38(24(3)21-39)19-23(2)32(45-17-9-8-10-25(4)46-31)20-37(7)49(43,44)33-26(5)35-47-27(33)6/h11-16,18,23-25,32,36,39H,8-10,17,19-21H2,1-7H3/t23-,24-,25-,32+/m1/s1. The lowest BCUT2D eigenvalue weighted by atomic mass is 10.0. The number of nitrogens with one attached hydrogen (secondary N) is 1. The molecule has 0 unspecified atom stereocenters. The summed E-state index contributed by atoms with van der Waals surface area (Å²) >= 11 is 0. The van der Waals surface area contributed by atoms with Crippen LogP contribution in [0, 0.1) is 26.7 Å². The van der Waals surface area contributed by atoms with E-state index in [-0.39, 0.29) is 64.0 Å². The van der Waals surface area contributed by atoms with Crippen molar-refractivity contribution in [3.63, 3.8) is 0 Å². The molecule has 0 radical (unpaired) electrons. The third-order valence-corrected chi connectivity index (χ3v) is 12.2. The minimum absolute atomic E-state index is 0.00801. The Morgan fingerprint density at radius 2 is 1.76 bits per heavy atom. The van der Waals surface area contributed by atoms with Crippen LogP contribution in [0.5, 0.6) is 5.75 Å². The van der Waals surface area contributed by atoms with Crippen LogP contribution >= 0.6 is 0 Å². The molecule has 1 aliphatic heterocycles. The van der Waals surface area contributed by atoms with Crippen molar-refractivity contribution >= 4 is 31.6 Å². The summed E-state index contributed by atoms with van der Waals surface area (Å²) in [7, 11) is -6.47. The maximum absolute atomic E-state index is 14.4. The van der Waals surface area contributed by atoms with Gasteiger partial charge in [0.15, 0.2) is 5.76 Å². The molecule has 4 atom stereocenters. The first-order chi connectivity index (χ1) is 23.0. The third kappa shape index (κ3) is 9.19. The van der Waals surface area contributed by atoms with Gasteiger partial charge in [-0.05, 0) is 84.2 Å². The van der Waals surface area contributed by atoms with Gasteiger partial charge in [0.25, 0.3) is 15.9 Å². The van der Waals surface area contributed by atoms with E-state index < -0.39 is 44.0 Å². The van der Waals surface area contributed by atoms with Crippen molar-refractivity contribution in [2.45, 2.75) is 88.8 Å². The van der Waals surface area contributed by atoms with Crippen molar-refractivity contribution in [1.29, 1.82) is 0 Å². The van der Waals surface area contributed by atoms with Gasteiger partial charge in [-0.1, -0.05) is 29.8 Å². The predicted molar refractivity (Wildman–Crippen MR) is 185 cm³/mol. The first-order valence-electron chi connectivity index (χ1n) is 16.4. The summed E-state index contributed by atoms with van der Waals surface area (Å²) in [4.78, 5) is 16.0. The van der Waals surface area contributed by atoms with E-state index in [1.54, 1.807) is 45.0 Å². The molecule has 1 aliphatic rings. The van der Waals surface area contributed by atoms with Crippen LogP contribution < -0.4 is 9.46 Å². The second-order valence-electron chi connectivity index (χ2n) is 12.9. The summed E-state index contributed by atoms with van der Waals surface area (Å²) in [5.74, 6) is -0.406. The summed E-state index contributed by atoms with van der Waals surface area (Å²) in [6.45, 7) is 10.5. The highest BCUT2D eigenvalue weighted by atomic mass is 32.2. The Balaban J connectivity index is 1.69. The molecule has 15 heteroatoms. The molecule has 2 N–H and O–H groups in total. The number of amides is 1. The highest BCUT2D eigenvalue weighted by Crippen LogP contribution is 2.30. The monoisotopic (exact) mass is 720 g/mol. The summed E-state index contributed by atoms with van der Waals surface area (Å²) < 4.78 is 75.0. The molecule has 1 aromatic heterocycles. The van der Waals surface area contributed by atoms with Gasteiger partial charge in [-0.2, -0.15) is 4.31 Å². The smallest absolute Gasteiger partial charge is 0.261 e. The lowest BCUT2D eigenvalue weighted by Gasteiger charge is -2.35. The molecule has 0 spiro atoms. The number of carbonyl (C=O) groups excluding carboxylic acids is 1. The van der Waals surface area contributed by atoms with E-state index in [2.05, 4.69) is 9.88 Å². The molecule has 3 aromatic rings. The first-order valence-corrected chi connectivity index (χ1v) is 19.3. The number of ether oxygens (including phenoxy) is 2. The Bertz CT molecular complexity index is 1790. The van der Waals surface area contributed by atoms with E-state index in [4.69, 9.17) is 14.0 Å². The lowest BCUT2D eigenvalue weighted by Crippen LogP contribution is -2.48. The van der Waals surface area contributed by atoms with Crippen LogP contribution in [0.4, 0.5) is 5.69 Å². The van der Waals surface area contributed by atoms with Crippen molar-refractivity contribution in [2.24, 2.45) is 5.92 Å². The fraction of sp³-hybridized carbons (Fsp3) is 0.529. The SMILES string of the molecule is Cc1ccc(S(=O)(=O)Nc2ccc3c(c2)C(=O)N([C@H](C)CO)C[C@@H](C)[C@H](CN(C)S(=O)(=O)c2c(C)noc2C)OCCCC[C@@H](C)O3)cc1. The number of rotatable bonds is 9. The second kappa shape index (κ2) is 16.0. The quantitative estimate of drug-likeness (QED) is 0.321. The predicted octanol–water partition coefficient (Wildman–Crippen LogP) is 4.52. The molecule has 2 aromatic carbocycles. The Kier molecular flexibility index (Phi) is 12.5. The average Bonchev–Trinajstić information content (AvgIpc) is 3.40. The number of aromatic nitrogens is 1. The normalized spacial score (nSPS) is 20.7. The Labute approximate surface area is 289 Å². The molecular formula is C34H48N4O9S2. The molecule has 270 valence electrons. The van der Waals surface area contributed by atoms with Crippen LogP contribution in [-0.4, -0.2) is 93.8 Å². The van der Waals surface area contributed by atoms with Gasteiger partial charge in [-0.3, -0.25) is 9.52 Å². The van der Waals surface area contributed by atoms with Gasteiger partial charge in [0.1, 0.15) is 16.3 Å². The number of anilines is 1. The fourth-order valence-electron chi connectivity index (χ4n) is 5.73. The average molecular weight is 721 g/mol.